The van der Waals surface area contributed by atoms with Gasteiger partial charge in [0.1, 0.15) is 24.2 Å². The number of benzene rings is 2. The molecule has 0 aliphatic rings. The van der Waals surface area contributed by atoms with Crippen LogP contribution in [-0.2, 0) is 6.61 Å². The van der Waals surface area contributed by atoms with E-state index in [2.05, 4.69) is 15.9 Å². The molecule has 0 amide bonds. The van der Waals surface area contributed by atoms with E-state index in [9.17, 15) is 9.18 Å². The van der Waals surface area contributed by atoms with Crippen LogP contribution >= 0.6 is 15.9 Å². The van der Waals surface area contributed by atoms with Crippen LogP contribution in [0.25, 0.3) is 0 Å². The van der Waals surface area contributed by atoms with E-state index in [4.69, 9.17) is 10.00 Å². The minimum atomic E-state index is -0.596. The lowest BCUT2D eigenvalue weighted by molar-refractivity contribution is 0.101. The van der Waals surface area contributed by atoms with Gasteiger partial charge in [-0.3, -0.25) is 4.79 Å². The van der Waals surface area contributed by atoms with Gasteiger partial charge in [0.15, 0.2) is 5.78 Å². The Morgan fingerprint density at radius 2 is 2.14 bits per heavy atom. The number of carbonyl (C=O) groups excluding carboxylic acids is 1. The first kappa shape index (κ1) is 15.2. The van der Waals surface area contributed by atoms with Gasteiger partial charge in [-0.2, -0.15) is 5.26 Å². The van der Waals surface area contributed by atoms with Crippen molar-refractivity contribution in [3.05, 3.63) is 63.4 Å². The van der Waals surface area contributed by atoms with Gasteiger partial charge in [-0.1, -0.05) is 28.1 Å². The number of nitriles is 1. The maximum Gasteiger partial charge on any atom is 0.163 e. The summed E-state index contributed by atoms with van der Waals surface area (Å²) in [4.78, 5) is 11.6. The topological polar surface area (TPSA) is 50.1 Å². The molecule has 21 heavy (non-hydrogen) atoms. The van der Waals surface area contributed by atoms with Gasteiger partial charge in [-0.15, -0.1) is 0 Å². The average molecular weight is 348 g/mol. The molecule has 2 aromatic carbocycles. The van der Waals surface area contributed by atoms with Gasteiger partial charge >= 0.3 is 0 Å². The van der Waals surface area contributed by atoms with E-state index in [1.807, 2.05) is 0 Å². The van der Waals surface area contributed by atoms with E-state index in [1.165, 1.54) is 13.0 Å². The first-order chi connectivity index (χ1) is 10.0. The number of carbonyl (C=O) groups is 1. The molecule has 2 rings (SSSR count). The minimum Gasteiger partial charge on any atom is -0.488 e. The summed E-state index contributed by atoms with van der Waals surface area (Å²) in [5.41, 5.74) is 0.659. The summed E-state index contributed by atoms with van der Waals surface area (Å²) in [6.45, 7) is 1.38. The molecule has 2 aromatic rings. The number of hydrogen-bond acceptors (Lipinski definition) is 3. The van der Waals surface area contributed by atoms with Crippen molar-refractivity contribution in [2.45, 2.75) is 13.5 Å². The van der Waals surface area contributed by atoms with E-state index >= 15 is 0 Å². The Morgan fingerprint density at radius 3 is 2.81 bits per heavy atom. The van der Waals surface area contributed by atoms with Crippen molar-refractivity contribution in [1.82, 2.24) is 0 Å². The zero-order valence-corrected chi connectivity index (χ0v) is 12.8. The number of nitrogens with zero attached hydrogens (tertiary/aromatic N) is 1. The summed E-state index contributed by atoms with van der Waals surface area (Å²) in [6, 6.07) is 11.4. The van der Waals surface area contributed by atoms with Crippen LogP contribution in [0.2, 0.25) is 0 Å². The molecule has 0 spiro atoms. The van der Waals surface area contributed by atoms with Crippen molar-refractivity contribution >= 4 is 21.7 Å². The third kappa shape index (κ3) is 3.47. The van der Waals surface area contributed by atoms with Gasteiger partial charge < -0.3 is 4.74 Å². The molecule has 0 fully saturated rings. The molecule has 0 unspecified atom stereocenters. The zero-order valence-electron chi connectivity index (χ0n) is 11.2. The molecule has 106 valence electrons. The SMILES string of the molecule is CC(=O)c1cc(Br)ccc1OCc1cccc(C#N)c1F. The summed E-state index contributed by atoms with van der Waals surface area (Å²) in [5.74, 6) is -0.355. The third-order valence-electron chi connectivity index (χ3n) is 2.90. The molecule has 0 saturated carbocycles. The Hall–Kier alpha value is -2.19. The van der Waals surface area contributed by atoms with Crippen molar-refractivity contribution in [3.63, 3.8) is 0 Å². The predicted molar refractivity (Wildman–Crippen MR) is 79.6 cm³/mol. The van der Waals surface area contributed by atoms with E-state index in [0.717, 1.165) is 4.47 Å². The highest BCUT2D eigenvalue weighted by atomic mass is 79.9. The second-order valence-corrected chi connectivity index (χ2v) is 5.29. The van der Waals surface area contributed by atoms with Crippen LogP contribution in [0.15, 0.2) is 40.9 Å². The fourth-order valence-corrected chi connectivity index (χ4v) is 2.20. The molecule has 0 N–H and O–H groups in total. The molecule has 3 nitrogen and oxygen atoms in total. The Morgan fingerprint density at radius 1 is 1.38 bits per heavy atom. The first-order valence-electron chi connectivity index (χ1n) is 6.13. The second-order valence-electron chi connectivity index (χ2n) is 4.38. The normalized spacial score (nSPS) is 10.0. The summed E-state index contributed by atoms with van der Waals surface area (Å²) >= 11 is 3.29. The lowest BCUT2D eigenvalue weighted by Crippen LogP contribution is -2.04. The third-order valence-corrected chi connectivity index (χ3v) is 3.40. The van der Waals surface area contributed by atoms with E-state index in [0.29, 0.717) is 11.3 Å². The molecule has 0 aliphatic carbocycles. The molecule has 0 bridgehead atoms. The Bertz CT molecular complexity index is 738. The van der Waals surface area contributed by atoms with Gasteiger partial charge in [-0.25, -0.2) is 4.39 Å². The Labute approximate surface area is 130 Å². The van der Waals surface area contributed by atoms with E-state index in [1.54, 1.807) is 36.4 Å². The maximum absolute atomic E-state index is 13.9. The Kier molecular flexibility index (Phi) is 4.71. The van der Waals surface area contributed by atoms with Crippen molar-refractivity contribution in [1.29, 1.82) is 5.26 Å². The smallest absolute Gasteiger partial charge is 0.163 e. The summed E-state index contributed by atoms with van der Waals surface area (Å²) in [6.07, 6.45) is 0. The number of rotatable bonds is 4. The fraction of sp³-hybridized carbons (Fsp3) is 0.125. The van der Waals surface area contributed by atoms with Crippen LogP contribution in [0.3, 0.4) is 0 Å². The molecule has 0 heterocycles. The molecule has 0 saturated heterocycles. The minimum absolute atomic E-state index is 0.0290. The number of hydrogen-bond donors (Lipinski definition) is 0. The summed E-state index contributed by atoms with van der Waals surface area (Å²) < 4.78 is 20.2. The van der Waals surface area contributed by atoms with Gasteiger partial charge in [-0.05, 0) is 31.2 Å². The van der Waals surface area contributed by atoms with Crippen LogP contribution < -0.4 is 4.74 Å². The number of halogens is 2. The highest BCUT2D eigenvalue weighted by Gasteiger charge is 2.12. The lowest BCUT2D eigenvalue weighted by atomic mass is 10.1. The van der Waals surface area contributed by atoms with Gasteiger partial charge in [0.05, 0.1) is 11.1 Å². The highest BCUT2D eigenvalue weighted by molar-refractivity contribution is 9.10. The maximum atomic E-state index is 13.9. The van der Waals surface area contributed by atoms with Gasteiger partial charge in [0, 0.05) is 10.0 Å². The number of ether oxygens (including phenoxy) is 1. The average Bonchev–Trinajstić information content (AvgIpc) is 2.47. The highest BCUT2D eigenvalue weighted by Crippen LogP contribution is 2.25. The largest absolute Gasteiger partial charge is 0.488 e. The number of Topliss-reactive ketones (excluding diaryl/α,β-unsaturated/α-hetero) is 1. The molecular weight excluding hydrogens is 337 g/mol. The molecular formula is C16H11BrFNO2. The molecule has 5 heteroatoms. The van der Waals surface area contributed by atoms with Crippen molar-refractivity contribution < 1.29 is 13.9 Å². The molecule has 0 radical (unpaired) electrons. The monoisotopic (exact) mass is 347 g/mol. The standard InChI is InChI=1S/C16H11BrFNO2/c1-10(20)14-7-13(17)5-6-15(14)21-9-12-4-2-3-11(8-19)16(12)18/h2-7H,9H2,1H3. The molecule has 0 atom stereocenters. The van der Waals surface area contributed by atoms with Gasteiger partial charge in [0.25, 0.3) is 0 Å². The van der Waals surface area contributed by atoms with Gasteiger partial charge in [0.2, 0.25) is 0 Å². The van der Waals surface area contributed by atoms with Crippen LogP contribution in [-0.4, -0.2) is 5.78 Å². The van der Waals surface area contributed by atoms with E-state index in [-0.39, 0.29) is 23.5 Å². The predicted octanol–water partition coefficient (Wildman–Crippen LogP) is 4.24. The van der Waals surface area contributed by atoms with Crippen LogP contribution in [0.1, 0.15) is 28.4 Å². The van der Waals surface area contributed by atoms with E-state index < -0.39 is 5.82 Å². The number of ketones is 1. The van der Waals surface area contributed by atoms with Crippen LogP contribution in [0, 0.1) is 17.1 Å². The first-order valence-corrected chi connectivity index (χ1v) is 6.93. The summed E-state index contributed by atoms with van der Waals surface area (Å²) in [7, 11) is 0. The van der Waals surface area contributed by atoms with Crippen LogP contribution in [0.4, 0.5) is 4.39 Å². The van der Waals surface area contributed by atoms with Crippen molar-refractivity contribution in [3.8, 4) is 11.8 Å². The summed E-state index contributed by atoms with van der Waals surface area (Å²) in [5, 5.41) is 8.79. The lowest BCUT2D eigenvalue weighted by Gasteiger charge is -2.11. The molecule has 0 aromatic heterocycles. The zero-order chi connectivity index (χ0) is 15.4. The quantitative estimate of drug-likeness (QED) is 0.777. The fourth-order valence-electron chi connectivity index (χ4n) is 1.84. The molecule has 0 aliphatic heterocycles. The van der Waals surface area contributed by atoms with Crippen molar-refractivity contribution in [2.75, 3.05) is 0 Å². The van der Waals surface area contributed by atoms with Crippen LogP contribution in [0.5, 0.6) is 5.75 Å². The van der Waals surface area contributed by atoms with Crippen molar-refractivity contribution in [2.24, 2.45) is 0 Å². The second kappa shape index (κ2) is 6.51. The Balaban J connectivity index is 2.25.